The molecule has 1 aliphatic heterocycles. The average molecular weight is 301 g/mol. The number of aromatic hydroxyl groups is 1. The third-order valence-corrected chi connectivity index (χ3v) is 8.91. The normalized spacial score (nSPS) is 37.4. The minimum absolute atomic E-state index is 0.389. The van der Waals surface area contributed by atoms with E-state index in [1.54, 1.807) is 0 Å². The predicted octanol–water partition coefficient (Wildman–Crippen LogP) is 3.95. The molecule has 1 aromatic rings. The van der Waals surface area contributed by atoms with Gasteiger partial charge < -0.3 is 5.11 Å². The van der Waals surface area contributed by atoms with Crippen molar-refractivity contribution in [3.8, 4) is 5.75 Å². The fourth-order valence-corrected chi connectivity index (χ4v) is 8.25. The highest BCUT2D eigenvalue weighted by Crippen LogP contribution is 2.57. The molecule has 4 atom stereocenters. The van der Waals surface area contributed by atoms with Gasteiger partial charge in [0.25, 0.3) is 0 Å². The molecule has 1 nitrogen and oxygen atoms in total. The number of phenolic OH excluding ortho intramolecular Hbond substituents is 1. The zero-order valence-corrected chi connectivity index (χ0v) is 13.5. The lowest BCUT2D eigenvalue weighted by Crippen LogP contribution is -2.57. The lowest BCUT2D eigenvalue weighted by molar-refractivity contribution is 0.151. The van der Waals surface area contributed by atoms with Crippen molar-refractivity contribution in [3.05, 3.63) is 42.0 Å². The van der Waals surface area contributed by atoms with E-state index in [0.29, 0.717) is 22.1 Å². The lowest BCUT2D eigenvalue weighted by atomic mass is 9.55. The number of fused-ring (bicyclic) bond motifs is 1. The van der Waals surface area contributed by atoms with E-state index in [2.05, 4.69) is 24.8 Å². The summed E-state index contributed by atoms with van der Waals surface area (Å²) in [5.41, 5.74) is 3.42. The molecular weight excluding hydrogens is 276 g/mol. The molecule has 0 spiro atoms. The predicted molar refractivity (Wildman–Crippen MR) is 91.1 cm³/mol. The molecule has 2 fully saturated rings. The molecule has 1 saturated heterocycles. The first-order valence-electron chi connectivity index (χ1n) is 8.34. The Labute approximate surface area is 130 Å². The molecule has 1 saturated carbocycles. The van der Waals surface area contributed by atoms with Gasteiger partial charge >= 0.3 is 0 Å². The minimum Gasteiger partial charge on any atom is -0.508 e. The first-order valence-corrected chi connectivity index (χ1v) is 9.97. The third-order valence-electron chi connectivity index (χ3n) is 6.17. The Bertz CT molecular complexity index is 567. The maximum absolute atomic E-state index is 10.00. The first kappa shape index (κ1) is 13.8. The molecule has 112 valence electrons. The van der Waals surface area contributed by atoms with E-state index in [0.717, 1.165) is 11.2 Å². The van der Waals surface area contributed by atoms with Gasteiger partial charge in [-0.1, -0.05) is 25.5 Å². The highest BCUT2D eigenvalue weighted by Gasteiger charge is 2.58. The van der Waals surface area contributed by atoms with Gasteiger partial charge in [0, 0.05) is 24.2 Å². The summed E-state index contributed by atoms with van der Waals surface area (Å²) in [6.45, 7) is 3.99. The first-order chi connectivity index (χ1) is 10.2. The van der Waals surface area contributed by atoms with Gasteiger partial charge in [0.15, 0.2) is 0 Å². The Morgan fingerprint density at radius 2 is 2.24 bits per heavy atom. The van der Waals surface area contributed by atoms with Crippen molar-refractivity contribution >= 4 is 10.9 Å². The summed E-state index contributed by atoms with van der Waals surface area (Å²) in [6.07, 6.45) is 10.2. The van der Waals surface area contributed by atoms with Gasteiger partial charge in [-0.05, 0) is 53.1 Å². The number of hydrogen-bond acceptors (Lipinski definition) is 1. The second-order valence-electron chi connectivity index (χ2n) is 7.04. The van der Waals surface area contributed by atoms with Gasteiger partial charge in [-0.25, -0.2) is 0 Å². The Kier molecular flexibility index (Phi) is 3.33. The molecule has 0 aromatic heterocycles. The molecule has 4 rings (SSSR count). The number of hydrogen-bond donors (Lipinski definition) is 1. The SMILES string of the molecule is C=CC[S+]1CC[C@@]23CCCC[C@H]2[C@@H]1Cc1ccc(O)cc13. The molecule has 0 radical (unpaired) electrons. The van der Waals surface area contributed by atoms with Crippen LogP contribution in [0, 0.1) is 5.92 Å². The number of benzene rings is 1. The number of rotatable bonds is 2. The molecule has 1 aromatic carbocycles. The van der Waals surface area contributed by atoms with Crippen molar-refractivity contribution < 1.29 is 5.11 Å². The van der Waals surface area contributed by atoms with Crippen molar-refractivity contribution in [1.82, 2.24) is 0 Å². The van der Waals surface area contributed by atoms with Crippen molar-refractivity contribution in [2.75, 3.05) is 11.5 Å². The summed E-state index contributed by atoms with van der Waals surface area (Å²) in [5, 5.41) is 10.9. The fourth-order valence-electron chi connectivity index (χ4n) is 5.33. The summed E-state index contributed by atoms with van der Waals surface area (Å²) in [5.74, 6) is 3.91. The zero-order chi connectivity index (χ0) is 14.4. The van der Waals surface area contributed by atoms with Crippen LogP contribution in [0.4, 0.5) is 0 Å². The van der Waals surface area contributed by atoms with E-state index in [4.69, 9.17) is 0 Å². The number of phenols is 1. The minimum atomic E-state index is 0.389. The molecule has 2 aliphatic carbocycles. The van der Waals surface area contributed by atoms with E-state index < -0.39 is 0 Å². The summed E-state index contributed by atoms with van der Waals surface area (Å²) >= 11 is 0. The van der Waals surface area contributed by atoms with E-state index in [9.17, 15) is 5.11 Å². The second kappa shape index (κ2) is 5.08. The van der Waals surface area contributed by atoms with Crippen LogP contribution in [0.2, 0.25) is 0 Å². The second-order valence-corrected chi connectivity index (χ2v) is 9.46. The summed E-state index contributed by atoms with van der Waals surface area (Å²) < 4.78 is 0. The third kappa shape index (κ3) is 1.98. The Hall–Kier alpha value is -0.890. The molecule has 21 heavy (non-hydrogen) atoms. The Morgan fingerprint density at radius 3 is 3.10 bits per heavy atom. The fraction of sp³-hybridized carbons (Fsp3) is 0.579. The summed E-state index contributed by atoms with van der Waals surface area (Å²) in [6, 6.07) is 6.19. The highest BCUT2D eigenvalue weighted by atomic mass is 32.2. The van der Waals surface area contributed by atoms with Crippen molar-refractivity contribution in [3.63, 3.8) is 0 Å². The monoisotopic (exact) mass is 301 g/mol. The van der Waals surface area contributed by atoms with Gasteiger partial charge in [-0.2, -0.15) is 0 Å². The Morgan fingerprint density at radius 1 is 1.33 bits per heavy atom. The van der Waals surface area contributed by atoms with Crippen LogP contribution in [-0.2, 0) is 22.7 Å². The van der Waals surface area contributed by atoms with Crippen LogP contribution in [-0.4, -0.2) is 21.9 Å². The van der Waals surface area contributed by atoms with Crippen LogP contribution in [0.15, 0.2) is 30.9 Å². The van der Waals surface area contributed by atoms with Crippen LogP contribution in [0.25, 0.3) is 0 Å². The van der Waals surface area contributed by atoms with Gasteiger partial charge in [-0.3, -0.25) is 0 Å². The van der Waals surface area contributed by atoms with E-state index in [-0.39, 0.29) is 0 Å². The van der Waals surface area contributed by atoms with Crippen LogP contribution in [0.3, 0.4) is 0 Å². The van der Waals surface area contributed by atoms with Gasteiger partial charge in [0.05, 0.1) is 0 Å². The molecule has 2 bridgehead atoms. The van der Waals surface area contributed by atoms with Crippen molar-refractivity contribution in [2.24, 2.45) is 5.92 Å². The molecule has 3 aliphatic rings. The van der Waals surface area contributed by atoms with Crippen LogP contribution >= 0.6 is 0 Å². The lowest BCUT2D eigenvalue weighted by Gasteiger charge is -2.54. The average Bonchev–Trinajstić information content (AvgIpc) is 2.51. The Balaban J connectivity index is 1.83. The summed E-state index contributed by atoms with van der Waals surface area (Å²) in [7, 11) is 0.531. The van der Waals surface area contributed by atoms with E-state index in [1.165, 1.54) is 61.2 Å². The van der Waals surface area contributed by atoms with Crippen LogP contribution in [0.1, 0.15) is 43.2 Å². The largest absolute Gasteiger partial charge is 0.508 e. The molecular formula is C19H25OS+. The maximum atomic E-state index is 10.00. The summed E-state index contributed by atoms with van der Waals surface area (Å²) in [4.78, 5) is 0. The molecule has 1 unspecified atom stereocenters. The van der Waals surface area contributed by atoms with Gasteiger partial charge in [0.1, 0.15) is 22.5 Å². The van der Waals surface area contributed by atoms with Gasteiger partial charge in [0.2, 0.25) is 0 Å². The van der Waals surface area contributed by atoms with E-state index in [1.807, 2.05) is 6.07 Å². The van der Waals surface area contributed by atoms with Gasteiger partial charge in [-0.15, -0.1) is 0 Å². The van der Waals surface area contributed by atoms with Crippen molar-refractivity contribution in [1.29, 1.82) is 0 Å². The standard InChI is InChI=1S/C19H24OS/c1-2-10-21-11-9-19-8-4-3-5-16(19)18(21)12-14-6-7-15(20)13-17(14)19/h2,6-7,13,16,18H,1,3-5,8-12H2/p+1/t16-,18-,19-,21?/m0/s1. The van der Waals surface area contributed by atoms with Crippen LogP contribution in [0.5, 0.6) is 5.75 Å². The topological polar surface area (TPSA) is 20.2 Å². The highest BCUT2D eigenvalue weighted by molar-refractivity contribution is 7.97. The zero-order valence-electron chi connectivity index (χ0n) is 12.7. The molecule has 1 N–H and O–H groups in total. The maximum Gasteiger partial charge on any atom is 0.126 e. The van der Waals surface area contributed by atoms with E-state index >= 15 is 0 Å². The molecule has 2 heteroatoms. The van der Waals surface area contributed by atoms with Crippen molar-refractivity contribution in [2.45, 2.75) is 49.2 Å². The molecule has 0 amide bonds. The van der Waals surface area contributed by atoms with Crippen LogP contribution < -0.4 is 0 Å². The smallest absolute Gasteiger partial charge is 0.126 e. The quantitative estimate of drug-likeness (QED) is 0.648. The molecule has 1 heterocycles.